The molecule has 0 radical (unpaired) electrons. The van der Waals surface area contributed by atoms with Crippen LogP contribution in [0, 0.1) is 6.92 Å². The van der Waals surface area contributed by atoms with E-state index in [4.69, 9.17) is 4.52 Å². The van der Waals surface area contributed by atoms with Gasteiger partial charge in [-0.25, -0.2) is 4.68 Å². The summed E-state index contributed by atoms with van der Waals surface area (Å²) in [5.41, 5.74) is 3.13. The standard InChI is InChI=1S/C16H12N6O/c1-11-14(19-21-22(11)13-7-3-2-4-8-13)15-18-16(23-20-15)12-6-5-9-17-10-12/h2-10H,1H3. The van der Waals surface area contributed by atoms with Crippen molar-refractivity contribution in [2.24, 2.45) is 0 Å². The zero-order valence-corrected chi connectivity index (χ0v) is 12.3. The summed E-state index contributed by atoms with van der Waals surface area (Å²) in [5.74, 6) is 0.810. The molecule has 7 nitrogen and oxygen atoms in total. The second-order valence-electron chi connectivity index (χ2n) is 4.94. The smallest absolute Gasteiger partial charge is 0.259 e. The molecule has 4 rings (SSSR count). The summed E-state index contributed by atoms with van der Waals surface area (Å²) >= 11 is 0. The van der Waals surface area contributed by atoms with Crippen LogP contribution in [0.1, 0.15) is 5.69 Å². The Kier molecular flexibility index (Phi) is 3.16. The third-order valence-corrected chi connectivity index (χ3v) is 3.44. The minimum absolute atomic E-state index is 0.404. The van der Waals surface area contributed by atoms with Gasteiger partial charge in [0.15, 0.2) is 5.69 Å². The van der Waals surface area contributed by atoms with E-state index in [1.54, 1.807) is 17.1 Å². The van der Waals surface area contributed by atoms with Crippen LogP contribution in [0.2, 0.25) is 0 Å². The first kappa shape index (κ1) is 13.3. The van der Waals surface area contributed by atoms with E-state index in [1.165, 1.54) is 0 Å². The number of nitrogens with zero attached hydrogens (tertiary/aromatic N) is 6. The molecule has 3 heterocycles. The quantitative estimate of drug-likeness (QED) is 0.578. The van der Waals surface area contributed by atoms with Crippen LogP contribution in [0.4, 0.5) is 0 Å². The van der Waals surface area contributed by atoms with Crippen LogP contribution in [-0.2, 0) is 0 Å². The van der Waals surface area contributed by atoms with Crippen molar-refractivity contribution < 1.29 is 4.52 Å². The maximum Gasteiger partial charge on any atom is 0.259 e. The van der Waals surface area contributed by atoms with Crippen LogP contribution in [0.15, 0.2) is 59.4 Å². The lowest BCUT2D eigenvalue weighted by Gasteiger charge is -2.01. The maximum absolute atomic E-state index is 5.30. The van der Waals surface area contributed by atoms with Crippen molar-refractivity contribution in [3.05, 3.63) is 60.6 Å². The van der Waals surface area contributed by atoms with Crippen LogP contribution < -0.4 is 0 Å². The van der Waals surface area contributed by atoms with E-state index in [2.05, 4.69) is 25.4 Å². The number of benzene rings is 1. The molecule has 3 aromatic heterocycles. The molecule has 4 aromatic rings. The van der Waals surface area contributed by atoms with Gasteiger partial charge in [0.05, 0.1) is 16.9 Å². The Bertz CT molecular complexity index is 930. The van der Waals surface area contributed by atoms with E-state index in [-0.39, 0.29) is 0 Å². The van der Waals surface area contributed by atoms with Crippen molar-refractivity contribution >= 4 is 0 Å². The van der Waals surface area contributed by atoms with Crippen molar-refractivity contribution in [3.8, 4) is 28.7 Å². The van der Waals surface area contributed by atoms with Gasteiger partial charge >= 0.3 is 0 Å². The fourth-order valence-corrected chi connectivity index (χ4v) is 2.28. The summed E-state index contributed by atoms with van der Waals surface area (Å²) in [5, 5.41) is 12.4. The molecule has 1 aromatic carbocycles. The number of rotatable bonds is 3. The molecule has 0 N–H and O–H groups in total. The molecule has 112 valence electrons. The number of hydrogen-bond donors (Lipinski definition) is 0. The first-order valence-corrected chi connectivity index (χ1v) is 7.05. The summed E-state index contributed by atoms with van der Waals surface area (Å²) in [6.07, 6.45) is 3.36. The molecule has 0 aliphatic rings. The summed E-state index contributed by atoms with van der Waals surface area (Å²) in [6.45, 7) is 1.92. The van der Waals surface area contributed by atoms with Crippen LogP contribution in [-0.4, -0.2) is 30.1 Å². The third-order valence-electron chi connectivity index (χ3n) is 3.44. The molecule has 23 heavy (non-hydrogen) atoms. The molecule has 0 saturated heterocycles. The van der Waals surface area contributed by atoms with Crippen molar-refractivity contribution in [2.45, 2.75) is 6.92 Å². The van der Waals surface area contributed by atoms with Gasteiger partial charge in [-0.15, -0.1) is 5.10 Å². The second-order valence-corrected chi connectivity index (χ2v) is 4.94. The first-order valence-electron chi connectivity index (χ1n) is 7.05. The summed E-state index contributed by atoms with van der Waals surface area (Å²) in [4.78, 5) is 8.43. The highest BCUT2D eigenvalue weighted by Crippen LogP contribution is 2.23. The number of aromatic nitrogens is 6. The van der Waals surface area contributed by atoms with E-state index >= 15 is 0 Å². The van der Waals surface area contributed by atoms with Crippen LogP contribution >= 0.6 is 0 Å². The van der Waals surface area contributed by atoms with Crippen LogP contribution in [0.5, 0.6) is 0 Å². The molecule has 0 aliphatic carbocycles. The van der Waals surface area contributed by atoms with Gasteiger partial charge in [0, 0.05) is 12.4 Å². The predicted octanol–water partition coefficient (Wildman–Crippen LogP) is 2.69. The maximum atomic E-state index is 5.30. The molecule has 0 fully saturated rings. The van der Waals surface area contributed by atoms with Crippen molar-refractivity contribution in [1.82, 2.24) is 30.1 Å². The topological polar surface area (TPSA) is 82.5 Å². The first-order chi connectivity index (χ1) is 11.3. The predicted molar refractivity (Wildman–Crippen MR) is 82.6 cm³/mol. The van der Waals surface area contributed by atoms with E-state index in [0.29, 0.717) is 17.4 Å². The van der Waals surface area contributed by atoms with Gasteiger partial charge in [0.25, 0.3) is 5.89 Å². The van der Waals surface area contributed by atoms with Gasteiger partial charge in [0.1, 0.15) is 0 Å². The van der Waals surface area contributed by atoms with Gasteiger partial charge in [-0.1, -0.05) is 28.6 Å². The number of para-hydroxylation sites is 1. The Morgan fingerprint density at radius 1 is 1.04 bits per heavy atom. The average Bonchev–Trinajstić information content (AvgIpc) is 3.23. The number of pyridine rings is 1. The molecule has 0 aliphatic heterocycles. The lowest BCUT2D eigenvalue weighted by Crippen LogP contribution is -1.98. The van der Waals surface area contributed by atoms with Crippen molar-refractivity contribution in [3.63, 3.8) is 0 Å². The Morgan fingerprint density at radius 3 is 2.70 bits per heavy atom. The summed E-state index contributed by atoms with van der Waals surface area (Å²) in [6, 6.07) is 13.5. The minimum Gasteiger partial charge on any atom is -0.333 e. The lowest BCUT2D eigenvalue weighted by molar-refractivity contribution is 0.432. The van der Waals surface area contributed by atoms with Gasteiger partial charge in [-0.2, -0.15) is 4.98 Å². The molecular weight excluding hydrogens is 292 g/mol. The average molecular weight is 304 g/mol. The largest absolute Gasteiger partial charge is 0.333 e. The van der Waals surface area contributed by atoms with Crippen molar-refractivity contribution in [1.29, 1.82) is 0 Å². The number of hydrogen-bond acceptors (Lipinski definition) is 6. The van der Waals surface area contributed by atoms with Gasteiger partial charge in [0.2, 0.25) is 5.82 Å². The Balaban J connectivity index is 1.73. The molecule has 0 spiro atoms. The zero-order valence-electron chi connectivity index (χ0n) is 12.3. The highest BCUT2D eigenvalue weighted by molar-refractivity contribution is 5.58. The molecule has 0 bridgehead atoms. The molecule has 0 saturated carbocycles. The van der Waals surface area contributed by atoms with Crippen LogP contribution in [0.3, 0.4) is 0 Å². The molecule has 0 unspecified atom stereocenters. The van der Waals surface area contributed by atoms with E-state index < -0.39 is 0 Å². The van der Waals surface area contributed by atoms with E-state index in [0.717, 1.165) is 16.9 Å². The summed E-state index contributed by atoms with van der Waals surface area (Å²) in [7, 11) is 0. The van der Waals surface area contributed by atoms with E-state index in [1.807, 2.05) is 49.4 Å². The normalized spacial score (nSPS) is 10.8. The van der Waals surface area contributed by atoms with Gasteiger partial charge in [-0.05, 0) is 31.2 Å². The molecule has 7 heteroatoms. The molecule has 0 amide bonds. The molecule has 0 atom stereocenters. The van der Waals surface area contributed by atoms with E-state index in [9.17, 15) is 0 Å². The van der Waals surface area contributed by atoms with Crippen molar-refractivity contribution in [2.75, 3.05) is 0 Å². The van der Waals surface area contributed by atoms with Gasteiger partial charge in [-0.3, -0.25) is 4.98 Å². The fraction of sp³-hybridized carbons (Fsp3) is 0.0625. The summed E-state index contributed by atoms with van der Waals surface area (Å²) < 4.78 is 7.04. The third kappa shape index (κ3) is 2.38. The van der Waals surface area contributed by atoms with Crippen LogP contribution in [0.25, 0.3) is 28.7 Å². The minimum atomic E-state index is 0.404. The Hall–Kier alpha value is -3.35. The Morgan fingerprint density at radius 2 is 1.91 bits per heavy atom. The monoisotopic (exact) mass is 304 g/mol. The highest BCUT2D eigenvalue weighted by atomic mass is 16.5. The zero-order chi connectivity index (χ0) is 15.6. The highest BCUT2D eigenvalue weighted by Gasteiger charge is 2.18. The second kappa shape index (κ2) is 5.45. The fourth-order valence-electron chi connectivity index (χ4n) is 2.28. The molecular formula is C16H12N6O. The van der Waals surface area contributed by atoms with Gasteiger partial charge < -0.3 is 4.52 Å². The lowest BCUT2D eigenvalue weighted by atomic mass is 10.3. The SMILES string of the molecule is Cc1c(-c2noc(-c3cccnc3)n2)nnn1-c1ccccc1. The Labute approximate surface area is 131 Å².